The minimum atomic E-state index is -0.767. The van der Waals surface area contributed by atoms with Crippen molar-refractivity contribution in [3.05, 3.63) is 36.5 Å². The van der Waals surface area contributed by atoms with Gasteiger partial charge in [0.05, 0.1) is 30.5 Å². The van der Waals surface area contributed by atoms with Crippen molar-refractivity contribution >= 4 is 5.97 Å². The summed E-state index contributed by atoms with van der Waals surface area (Å²) in [5, 5.41) is 20.8. The average Bonchev–Trinajstić information content (AvgIpc) is 3.45. The molecule has 0 aliphatic carbocycles. The van der Waals surface area contributed by atoms with Crippen LogP contribution in [-0.2, 0) is 19.0 Å². The number of carbonyl (C=O) groups excluding carboxylic acids is 1. The maximum atomic E-state index is 12.3. The molecule has 6 nitrogen and oxygen atoms in total. The number of hydrogen-bond acceptors (Lipinski definition) is 6. The lowest BCUT2D eigenvalue weighted by Crippen LogP contribution is -2.33. The lowest BCUT2D eigenvalue weighted by atomic mass is 9.91. The number of carbonyl (C=O) groups is 1. The summed E-state index contributed by atoms with van der Waals surface area (Å²) in [4.78, 5) is 12.3. The van der Waals surface area contributed by atoms with Gasteiger partial charge >= 0.3 is 5.97 Å². The van der Waals surface area contributed by atoms with Crippen LogP contribution in [0.5, 0.6) is 0 Å². The fourth-order valence-electron chi connectivity index (χ4n) is 4.48. The number of esters is 1. The maximum absolute atomic E-state index is 12.3. The number of fused-ring (bicyclic) bond motifs is 3. The van der Waals surface area contributed by atoms with E-state index in [0.29, 0.717) is 31.6 Å². The molecule has 168 valence electrons. The van der Waals surface area contributed by atoms with Gasteiger partial charge in [0, 0.05) is 12.5 Å². The van der Waals surface area contributed by atoms with Crippen molar-refractivity contribution in [2.45, 2.75) is 102 Å². The Hall–Kier alpha value is -1.47. The molecule has 0 spiro atoms. The number of cyclic esters (lactones) is 1. The molecule has 3 aliphatic heterocycles. The van der Waals surface area contributed by atoms with E-state index in [1.54, 1.807) is 6.08 Å². The van der Waals surface area contributed by atoms with Crippen molar-refractivity contribution in [3.63, 3.8) is 0 Å². The molecular weight excluding hydrogens is 384 g/mol. The van der Waals surface area contributed by atoms with Gasteiger partial charge in [0.1, 0.15) is 12.2 Å². The maximum Gasteiger partial charge on any atom is 0.330 e. The molecule has 3 rings (SSSR count). The minimum Gasteiger partial charge on any atom is -0.456 e. The Balaban J connectivity index is 1.70. The Bertz CT molecular complexity index is 656. The van der Waals surface area contributed by atoms with Crippen LogP contribution in [0.4, 0.5) is 0 Å². The Morgan fingerprint density at radius 2 is 2.00 bits per heavy atom. The lowest BCUT2D eigenvalue weighted by Gasteiger charge is -2.28. The van der Waals surface area contributed by atoms with E-state index in [0.717, 1.165) is 24.8 Å². The van der Waals surface area contributed by atoms with E-state index in [1.807, 2.05) is 13.0 Å². The zero-order valence-corrected chi connectivity index (χ0v) is 18.1. The smallest absolute Gasteiger partial charge is 0.330 e. The number of ether oxygens (including phenoxy) is 3. The highest BCUT2D eigenvalue weighted by molar-refractivity contribution is 5.82. The highest BCUT2D eigenvalue weighted by Gasteiger charge is 2.46. The summed E-state index contributed by atoms with van der Waals surface area (Å²) < 4.78 is 17.3. The number of epoxide rings is 1. The highest BCUT2D eigenvalue weighted by Crippen LogP contribution is 2.34. The number of aliphatic hydroxyl groups excluding tert-OH is 2. The minimum absolute atomic E-state index is 0.0541. The number of hydrogen-bond donors (Lipinski definition) is 2. The van der Waals surface area contributed by atoms with Gasteiger partial charge in [0.25, 0.3) is 0 Å². The van der Waals surface area contributed by atoms with Gasteiger partial charge in [0.15, 0.2) is 0 Å². The molecule has 2 bridgehead atoms. The molecule has 0 amide bonds. The highest BCUT2D eigenvalue weighted by atomic mass is 16.6. The summed E-state index contributed by atoms with van der Waals surface area (Å²) in [7, 11) is 0. The standard InChI is InChI=1S/C24H36O6/c1-4-19(25)21-14-22-24(30-22)20(26)13-16(3)11-15(2)12-18-9-5-7-17(28-18)8-6-10-23(27)29-21/h5-7,10,15,17-22,24-26H,3-4,8-9,11-14H2,1-2H3/b10-6-/t15-,17-,18-,19-,20-,21-,22+,24-/m0/s1. The van der Waals surface area contributed by atoms with Crippen LogP contribution in [0.2, 0.25) is 0 Å². The summed E-state index contributed by atoms with van der Waals surface area (Å²) in [5.41, 5.74) is 1.01. The Morgan fingerprint density at radius 1 is 1.20 bits per heavy atom. The van der Waals surface area contributed by atoms with Gasteiger partial charge in [-0.2, -0.15) is 0 Å². The largest absolute Gasteiger partial charge is 0.456 e. The first-order chi connectivity index (χ1) is 14.4. The molecule has 30 heavy (non-hydrogen) atoms. The summed E-state index contributed by atoms with van der Waals surface area (Å²) in [6.07, 6.45) is 9.46. The second kappa shape index (κ2) is 10.7. The van der Waals surface area contributed by atoms with Crippen molar-refractivity contribution in [2.75, 3.05) is 0 Å². The summed E-state index contributed by atoms with van der Waals surface area (Å²) in [6.45, 7) is 8.19. The Morgan fingerprint density at radius 3 is 2.77 bits per heavy atom. The summed E-state index contributed by atoms with van der Waals surface area (Å²) >= 11 is 0. The van der Waals surface area contributed by atoms with Gasteiger partial charge < -0.3 is 24.4 Å². The molecule has 0 saturated carbocycles. The molecule has 8 atom stereocenters. The van der Waals surface area contributed by atoms with E-state index in [1.165, 1.54) is 6.08 Å². The average molecular weight is 421 g/mol. The zero-order chi connectivity index (χ0) is 21.7. The van der Waals surface area contributed by atoms with Crippen LogP contribution in [0.25, 0.3) is 0 Å². The summed E-state index contributed by atoms with van der Waals surface area (Å²) in [5.74, 6) is -0.0732. The molecule has 1 saturated heterocycles. The fraction of sp³-hybridized carbons (Fsp3) is 0.708. The van der Waals surface area contributed by atoms with E-state index in [-0.39, 0.29) is 24.4 Å². The van der Waals surface area contributed by atoms with E-state index >= 15 is 0 Å². The molecule has 0 aromatic carbocycles. The molecule has 3 aliphatic rings. The first-order valence-corrected chi connectivity index (χ1v) is 11.2. The fourth-order valence-corrected chi connectivity index (χ4v) is 4.48. The predicted octanol–water partition coefficient (Wildman–Crippen LogP) is 3.22. The molecule has 0 aromatic heterocycles. The summed E-state index contributed by atoms with van der Waals surface area (Å²) in [6, 6.07) is 0. The quantitative estimate of drug-likeness (QED) is 0.405. The first kappa shape index (κ1) is 23.2. The van der Waals surface area contributed by atoms with E-state index in [2.05, 4.69) is 19.6 Å². The van der Waals surface area contributed by atoms with Crippen molar-refractivity contribution in [1.82, 2.24) is 0 Å². The van der Waals surface area contributed by atoms with Gasteiger partial charge in [-0.3, -0.25) is 0 Å². The van der Waals surface area contributed by atoms with E-state index in [9.17, 15) is 15.0 Å². The van der Waals surface area contributed by atoms with Gasteiger partial charge in [0.2, 0.25) is 0 Å². The Kier molecular flexibility index (Phi) is 8.28. The van der Waals surface area contributed by atoms with Crippen LogP contribution in [0.3, 0.4) is 0 Å². The molecule has 3 heterocycles. The van der Waals surface area contributed by atoms with Crippen LogP contribution in [-0.4, -0.2) is 58.9 Å². The van der Waals surface area contributed by atoms with Gasteiger partial charge in [-0.25, -0.2) is 4.79 Å². The molecule has 0 unspecified atom stereocenters. The van der Waals surface area contributed by atoms with Gasteiger partial charge in [-0.15, -0.1) is 0 Å². The molecule has 2 N–H and O–H groups in total. The zero-order valence-electron chi connectivity index (χ0n) is 18.1. The van der Waals surface area contributed by atoms with Crippen LogP contribution in [0.15, 0.2) is 36.5 Å². The van der Waals surface area contributed by atoms with Crippen molar-refractivity contribution in [1.29, 1.82) is 0 Å². The number of aliphatic hydroxyl groups is 2. The molecule has 1 fully saturated rings. The SMILES string of the molecule is C=C1C[C@H](C)C[C@@H]2CC=C[C@@H](C/C=C\C(=O)O[C@H]([C@@H](O)CC)C[C@H]3O[C@H]3[C@@H](O)C1)O2. The van der Waals surface area contributed by atoms with Crippen molar-refractivity contribution in [3.8, 4) is 0 Å². The van der Waals surface area contributed by atoms with E-state index < -0.39 is 24.3 Å². The third kappa shape index (κ3) is 6.77. The van der Waals surface area contributed by atoms with Crippen LogP contribution in [0.1, 0.15) is 58.8 Å². The van der Waals surface area contributed by atoms with Crippen molar-refractivity contribution in [2.24, 2.45) is 5.92 Å². The predicted molar refractivity (Wildman–Crippen MR) is 114 cm³/mol. The topological polar surface area (TPSA) is 88.5 Å². The molecular formula is C24H36O6. The molecule has 0 radical (unpaired) electrons. The third-order valence-electron chi connectivity index (χ3n) is 6.12. The van der Waals surface area contributed by atoms with Crippen LogP contribution in [0, 0.1) is 5.92 Å². The lowest BCUT2D eigenvalue weighted by molar-refractivity contribution is -0.149. The van der Waals surface area contributed by atoms with Gasteiger partial charge in [-0.05, 0) is 44.4 Å². The third-order valence-corrected chi connectivity index (χ3v) is 6.12. The first-order valence-electron chi connectivity index (χ1n) is 11.2. The van der Waals surface area contributed by atoms with Crippen LogP contribution >= 0.6 is 0 Å². The molecule has 0 aromatic rings. The Labute approximate surface area is 179 Å². The normalized spacial score (nSPS) is 40.5. The second-order valence-corrected chi connectivity index (χ2v) is 8.99. The monoisotopic (exact) mass is 420 g/mol. The van der Waals surface area contributed by atoms with Crippen LogP contribution < -0.4 is 0 Å². The van der Waals surface area contributed by atoms with Crippen molar-refractivity contribution < 1.29 is 29.2 Å². The molecule has 6 heteroatoms. The van der Waals surface area contributed by atoms with Gasteiger partial charge in [-0.1, -0.05) is 44.2 Å². The number of rotatable bonds is 2. The second-order valence-electron chi connectivity index (χ2n) is 8.99. The van der Waals surface area contributed by atoms with E-state index in [4.69, 9.17) is 14.2 Å².